The number of thioether (sulfide) groups is 1. The molecule has 0 aromatic heterocycles. The van der Waals surface area contributed by atoms with Crippen molar-refractivity contribution in [3.05, 3.63) is 29.8 Å². The number of hydrogen-bond acceptors (Lipinski definition) is 6. The Balaban J connectivity index is 1.51. The van der Waals surface area contributed by atoms with Crippen LogP contribution in [0.3, 0.4) is 0 Å². The summed E-state index contributed by atoms with van der Waals surface area (Å²) in [5.74, 6) is -0.548. The van der Waals surface area contributed by atoms with E-state index in [0.29, 0.717) is 24.3 Å². The first-order chi connectivity index (χ1) is 12.4. The molecule has 8 heteroatoms. The first-order valence-electron chi connectivity index (χ1n) is 8.31. The number of hydrogen-bond donors (Lipinski definition) is 1. The predicted molar refractivity (Wildman–Crippen MR) is 96.1 cm³/mol. The average molecular weight is 373 g/mol. The van der Waals surface area contributed by atoms with Gasteiger partial charge in [-0.05, 0) is 31.0 Å². The van der Waals surface area contributed by atoms with Gasteiger partial charge in [-0.15, -0.1) is 11.8 Å². The molecule has 1 N–H and O–H groups in total. The molecule has 0 spiro atoms. The molecule has 0 unspecified atom stereocenters. The Morgan fingerprint density at radius 2 is 2.15 bits per heavy atom. The van der Waals surface area contributed by atoms with E-state index in [1.165, 1.54) is 0 Å². The Kier molecular flexibility index (Phi) is 5.18. The van der Waals surface area contributed by atoms with Crippen molar-refractivity contribution in [1.82, 2.24) is 4.90 Å². The SMILES string of the molecule is C[C@@]12CCC(=O)N1[C@H](C(=O)OCC(=O)Nc1ccc(CC#N)cc1)CS2. The number of rotatable bonds is 5. The van der Waals surface area contributed by atoms with Gasteiger partial charge in [0.25, 0.3) is 5.91 Å². The third-order valence-corrected chi connectivity index (χ3v) is 6.09. The molecule has 7 nitrogen and oxygen atoms in total. The molecule has 26 heavy (non-hydrogen) atoms. The molecule has 2 fully saturated rings. The molecule has 2 saturated heterocycles. The zero-order valence-corrected chi connectivity index (χ0v) is 15.2. The van der Waals surface area contributed by atoms with Gasteiger partial charge in [0.05, 0.1) is 17.4 Å². The molecule has 2 atom stereocenters. The first kappa shape index (κ1) is 18.3. The van der Waals surface area contributed by atoms with Gasteiger partial charge < -0.3 is 15.0 Å². The van der Waals surface area contributed by atoms with E-state index in [1.807, 2.05) is 6.92 Å². The maximum Gasteiger partial charge on any atom is 0.330 e. The summed E-state index contributed by atoms with van der Waals surface area (Å²) in [5, 5.41) is 11.3. The summed E-state index contributed by atoms with van der Waals surface area (Å²) in [6, 6.07) is 8.30. The number of anilines is 1. The predicted octanol–water partition coefficient (Wildman–Crippen LogP) is 1.69. The molecule has 3 rings (SSSR count). The van der Waals surface area contributed by atoms with Crippen molar-refractivity contribution in [3.8, 4) is 6.07 Å². The highest BCUT2D eigenvalue weighted by Gasteiger charge is 2.53. The van der Waals surface area contributed by atoms with E-state index in [0.717, 1.165) is 12.0 Å². The van der Waals surface area contributed by atoms with Gasteiger partial charge in [-0.1, -0.05) is 12.1 Å². The second kappa shape index (κ2) is 7.38. The molecule has 2 amide bonds. The highest BCUT2D eigenvalue weighted by molar-refractivity contribution is 8.01. The van der Waals surface area contributed by atoms with Gasteiger partial charge >= 0.3 is 5.97 Å². The average Bonchev–Trinajstić information content (AvgIpc) is 3.11. The second-order valence-electron chi connectivity index (χ2n) is 6.45. The summed E-state index contributed by atoms with van der Waals surface area (Å²) in [7, 11) is 0. The minimum Gasteiger partial charge on any atom is -0.454 e. The van der Waals surface area contributed by atoms with Crippen LogP contribution in [0.25, 0.3) is 0 Å². The number of ether oxygens (including phenoxy) is 1. The number of esters is 1. The van der Waals surface area contributed by atoms with Crippen LogP contribution in [0.15, 0.2) is 24.3 Å². The molecule has 2 heterocycles. The summed E-state index contributed by atoms with van der Waals surface area (Å²) >= 11 is 1.58. The Morgan fingerprint density at radius 1 is 1.42 bits per heavy atom. The second-order valence-corrected chi connectivity index (χ2v) is 7.95. The Bertz CT molecular complexity index is 774. The van der Waals surface area contributed by atoms with Crippen molar-refractivity contribution >= 4 is 35.2 Å². The van der Waals surface area contributed by atoms with Crippen LogP contribution in [0.5, 0.6) is 0 Å². The first-order valence-corrected chi connectivity index (χ1v) is 9.30. The van der Waals surface area contributed by atoms with Gasteiger partial charge in [-0.25, -0.2) is 4.79 Å². The summed E-state index contributed by atoms with van der Waals surface area (Å²) < 4.78 is 5.12. The number of nitrogens with one attached hydrogen (secondary N) is 1. The third kappa shape index (κ3) is 3.68. The zero-order chi connectivity index (χ0) is 18.7. The normalized spacial score (nSPS) is 24.1. The highest BCUT2D eigenvalue weighted by Crippen LogP contribution is 2.47. The highest BCUT2D eigenvalue weighted by atomic mass is 32.2. The Morgan fingerprint density at radius 3 is 2.85 bits per heavy atom. The summed E-state index contributed by atoms with van der Waals surface area (Å²) in [6.07, 6.45) is 1.47. The van der Waals surface area contributed by atoms with E-state index >= 15 is 0 Å². The van der Waals surface area contributed by atoms with E-state index in [-0.39, 0.29) is 10.8 Å². The number of amides is 2. The smallest absolute Gasteiger partial charge is 0.330 e. The van der Waals surface area contributed by atoms with Crippen LogP contribution < -0.4 is 5.32 Å². The standard InChI is InChI=1S/C18H19N3O4S/c1-18-8-6-16(23)21(18)14(11-26-18)17(24)25-10-15(22)20-13-4-2-12(3-5-13)7-9-19/h2-5,14H,6-8,10-11H2,1H3,(H,20,22)/t14-,18+/m0/s1. The Labute approximate surface area is 155 Å². The minimum atomic E-state index is -0.627. The lowest BCUT2D eigenvalue weighted by Crippen LogP contribution is -2.47. The lowest BCUT2D eigenvalue weighted by Gasteiger charge is -2.29. The van der Waals surface area contributed by atoms with Crippen LogP contribution in [-0.4, -0.2) is 46.0 Å². The molecule has 0 radical (unpaired) electrons. The third-order valence-electron chi connectivity index (χ3n) is 4.58. The number of carbonyl (C=O) groups excluding carboxylic acids is 3. The van der Waals surface area contributed by atoms with Crippen molar-refractivity contribution in [2.75, 3.05) is 17.7 Å². The van der Waals surface area contributed by atoms with Crippen LogP contribution in [0.1, 0.15) is 25.3 Å². The van der Waals surface area contributed by atoms with Gasteiger partial charge in [0, 0.05) is 17.9 Å². The molecule has 0 aliphatic carbocycles. The van der Waals surface area contributed by atoms with Crippen molar-refractivity contribution in [2.24, 2.45) is 0 Å². The molecule has 2 aliphatic rings. The number of nitrogens with zero attached hydrogens (tertiary/aromatic N) is 2. The molecule has 0 saturated carbocycles. The van der Waals surface area contributed by atoms with Crippen molar-refractivity contribution in [3.63, 3.8) is 0 Å². The van der Waals surface area contributed by atoms with Crippen LogP contribution in [-0.2, 0) is 25.5 Å². The minimum absolute atomic E-state index is 0.0404. The quantitative estimate of drug-likeness (QED) is 0.789. The molecular weight excluding hydrogens is 354 g/mol. The topological polar surface area (TPSA) is 99.5 Å². The molecule has 1 aromatic carbocycles. The van der Waals surface area contributed by atoms with Gasteiger partial charge in [0.15, 0.2) is 6.61 Å². The van der Waals surface area contributed by atoms with Crippen LogP contribution in [0.2, 0.25) is 0 Å². The number of carbonyl (C=O) groups is 3. The fourth-order valence-electron chi connectivity index (χ4n) is 3.22. The van der Waals surface area contributed by atoms with E-state index in [9.17, 15) is 14.4 Å². The number of benzene rings is 1. The largest absolute Gasteiger partial charge is 0.454 e. The van der Waals surface area contributed by atoms with Crippen molar-refractivity contribution < 1.29 is 19.1 Å². The molecule has 1 aromatic rings. The monoisotopic (exact) mass is 373 g/mol. The number of fused-ring (bicyclic) bond motifs is 1. The molecular formula is C18H19N3O4S. The van der Waals surface area contributed by atoms with Gasteiger partial charge in [0.1, 0.15) is 6.04 Å². The molecule has 2 aliphatic heterocycles. The van der Waals surface area contributed by atoms with Crippen LogP contribution >= 0.6 is 11.8 Å². The van der Waals surface area contributed by atoms with Gasteiger partial charge in [0.2, 0.25) is 5.91 Å². The molecule has 136 valence electrons. The fraction of sp³-hybridized carbons (Fsp3) is 0.444. The maximum atomic E-state index is 12.3. The lowest BCUT2D eigenvalue weighted by atomic mass is 10.1. The van der Waals surface area contributed by atoms with Crippen LogP contribution in [0.4, 0.5) is 5.69 Å². The van der Waals surface area contributed by atoms with E-state index in [1.54, 1.807) is 40.9 Å². The van der Waals surface area contributed by atoms with Crippen molar-refractivity contribution in [1.29, 1.82) is 5.26 Å². The van der Waals surface area contributed by atoms with Crippen LogP contribution in [0, 0.1) is 11.3 Å². The lowest BCUT2D eigenvalue weighted by molar-refractivity contribution is -0.155. The van der Waals surface area contributed by atoms with Gasteiger partial charge in [-0.3, -0.25) is 9.59 Å². The van der Waals surface area contributed by atoms with E-state index < -0.39 is 24.5 Å². The fourth-order valence-corrected chi connectivity index (χ4v) is 4.64. The zero-order valence-electron chi connectivity index (χ0n) is 14.4. The van der Waals surface area contributed by atoms with E-state index in [2.05, 4.69) is 11.4 Å². The summed E-state index contributed by atoms with van der Waals surface area (Å²) in [5.41, 5.74) is 1.42. The Hall–Kier alpha value is -2.53. The van der Waals surface area contributed by atoms with E-state index in [4.69, 9.17) is 10.00 Å². The molecule has 0 bridgehead atoms. The summed E-state index contributed by atoms with van der Waals surface area (Å²) in [6.45, 7) is 1.55. The number of nitriles is 1. The van der Waals surface area contributed by atoms with Crippen molar-refractivity contribution in [2.45, 2.75) is 37.1 Å². The summed E-state index contributed by atoms with van der Waals surface area (Å²) in [4.78, 5) is 37.6. The maximum absolute atomic E-state index is 12.3. The van der Waals surface area contributed by atoms with Gasteiger partial charge in [-0.2, -0.15) is 5.26 Å².